The summed E-state index contributed by atoms with van der Waals surface area (Å²) in [5, 5.41) is 14.6. The zero-order valence-electron chi connectivity index (χ0n) is 23.9. The molecule has 0 spiro atoms. The van der Waals surface area contributed by atoms with Crippen molar-refractivity contribution in [3.63, 3.8) is 0 Å². The minimum absolute atomic E-state index is 0.0581. The van der Waals surface area contributed by atoms with Gasteiger partial charge in [-0.15, -0.1) is 0 Å². The van der Waals surface area contributed by atoms with Gasteiger partial charge in [0.05, 0.1) is 0 Å². The highest BCUT2D eigenvalue weighted by Gasteiger charge is 2.17. The fourth-order valence-electron chi connectivity index (χ4n) is 3.57. The Morgan fingerprint density at radius 1 is 0.927 bits per heavy atom. The van der Waals surface area contributed by atoms with Crippen LogP contribution in [0.4, 0.5) is 27.9 Å². The first-order valence-electron chi connectivity index (χ1n) is 13.5. The molecule has 12 heteroatoms. The van der Waals surface area contributed by atoms with E-state index in [1.807, 2.05) is 19.1 Å². The number of amides is 3. The number of nitrogens with one attached hydrogen (secondary N) is 5. The Morgan fingerprint density at radius 2 is 1.66 bits per heavy atom. The maximum Gasteiger partial charge on any atom is 0.407 e. The standard InChI is InChI=1S/C29H38N8O4/c1-5-13-31-25-23(19-34-27(37-25)32-16-11-20-9-14-30-15-10-20)26(39)36-22-8-6-7-21(18-22)35-24(38)12-17-33-28(40)41-29(2,3)4/h6-10,14-15,18-19H,5,11-13,16-17H2,1-4H3,(H,33,40)(H,35,38)(H,36,39)(H2,31,32,34,37). The number of hydrogen-bond donors (Lipinski definition) is 5. The van der Waals surface area contributed by atoms with Crippen molar-refractivity contribution in [2.75, 3.05) is 40.9 Å². The monoisotopic (exact) mass is 562 g/mol. The minimum atomic E-state index is -0.615. The molecule has 3 rings (SSSR count). The van der Waals surface area contributed by atoms with Crippen molar-refractivity contribution >= 4 is 41.0 Å². The SMILES string of the molecule is CCCNc1nc(NCCc2ccncc2)ncc1C(=O)Nc1cccc(NC(=O)CCNC(=O)OC(C)(C)C)c1. The molecule has 0 saturated heterocycles. The van der Waals surface area contributed by atoms with Crippen LogP contribution in [0.2, 0.25) is 0 Å². The zero-order valence-corrected chi connectivity index (χ0v) is 23.9. The molecule has 0 saturated carbocycles. The summed E-state index contributed by atoms with van der Waals surface area (Å²) in [6.07, 6.45) is 6.09. The molecule has 3 amide bonds. The van der Waals surface area contributed by atoms with Gasteiger partial charge in [-0.2, -0.15) is 4.98 Å². The van der Waals surface area contributed by atoms with Gasteiger partial charge in [-0.25, -0.2) is 9.78 Å². The molecule has 0 radical (unpaired) electrons. The lowest BCUT2D eigenvalue weighted by Gasteiger charge is -2.19. The van der Waals surface area contributed by atoms with Crippen molar-refractivity contribution in [3.8, 4) is 0 Å². The van der Waals surface area contributed by atoms with Gasteiger partial charge in [0.2, 0.25) is 11.9 Å². The number of pyridine rings is 1. The number of carbonyl (C=O) groups excluding carboxylic acids is 3. The van der Waals surface area contributed by atoms with Gasteiger partial charge in [0.1, 0.15) is 17.0 Å². The second-order valence-electron chi connectivity index (χ2n) is 10.2. The lowest BCUT2D eigenvalue weighted by molar-refractivity contribution is -0.116. The van der Waals surface area contributed by atoms with Gasteiger partial charge < -0.3 is 31.3 Å². The third kappa shape index (κ3) is 11.1. The van der Waals surface area contributed by atoms with Crippen LogP contribution in [0, 0.1) is 0 Å². The van der Waals surface area contributed by atoms with Gasteiger partial charge in [-0.05, 0) is 69.5 Å². The van der Waals surface area contributed by atoms with E-state index in [9.17, 15) is 14.4 Å². The van der Waals surface area contributed by atoms with Gasteiger partial charge in [0.25, 0.3) is 5.91 Å². The Bertz CT molecular complexity index is 1310. The average Bonchev–Trinajstić information content (AvgIpc) is 2.91. The molecule has 0 atom stereocenters. The van der Waals surface area contributed by atoms with Crippen LogP contribution in [0.25, 0.3) is 0 Å². The van der Waals surface area contributed by atoms with E-state index >= 15 is 0 Å². The Labute approximate surface area is 240 Å². The number of anilines is 4. The molecule has 5 N–H and O–H groups in total. The number of rotatable bonds is 13. The van der Waals surface area contributed by atoms with Gasteiger partial charge in [-0.1, -0.05) is 13.0 Å². The molecule has 0 aliphatic heterocycles. The van der Waals surface area contributed by atoms with Crippen molar-refractivity contribution in [3.05, 3.63) is 66.1 Å². The molecule has 2 heterocycles. The Hall–Kier alpha value is -4.74. The zero-order chi connectivity index (χ0) is 29.7. The maximum atomic E-state index is 13.1. The first-order chi connectivity index (χ1) is 19.6. The molecule has 3 aromatic rings. The van der Waals surface area contributed by atoms with Gasteiger partial charge in [0, 0.05) is 56.0 Å². The highest BCUT2D eigenvalue weighted by molar-refractivity contribution is 6.07. The summed E-state index contributed by atoms with van der Waals surface area (Å²) in [6.45, 7) is 8.70. The second-order valence-corrected chi connectivity index (χ2v) is 10.2. The van der Waals surface area contributed by atoms with E-state index in [1.54, 1.807) is 57.4 Å². The van der Waals surface area contributed by atoms with E-state index in [2.05, 4.69) is 41.5 Å². The van der Waals surface area contributed by atoms with Crippen molar-refractivity contribution < 1.29 is 19.1 Å². The van der Waals surface area contributed by atoms with E-state index < -0.39 is 17.6 Å². The molecule has 12 nitrogen and oxygen atoms in total. The van der Waals surface area contributed by atoms with Crippen molar-refractivity contribution in [2.24, 2.45) is 0 Å². The highest BCUT2D eigenvalue weighted by Crippen LogP contribution is 2.20. The lowest BCUT2D eigenvalue weighted by atomic mass is 10.2. The quantitative estimate of drug-likeness (QED) is 0.203. The predicted molar refractivity (Wildman–Crippen MR) is 159 cm³/mol. The molecule has 0 fully saturated rings. The molecule has 41 heavy (non-hydrogen) atoms. The van der Waals surface area contributed by atoms with Crippen LogP contribution in [0.1, 0.15) is 56.5 Å². The molecular formula is C29H38N8O4. The van der Waals surface area contributed by atoms with Crippen LogP contribution in [0.5, 0.6) is 0 Å². The Kier molecular flexibility index (Phi) is 11.4. The molecule has 2 aromatic heterocycles. The first-order valence-corrected chi connectivity index (χ1v) is 13.5. The lowest BCUT2D eigenvalue weighted by Crippen LogP contribution is -2.34. The van der Waals surface area contributed by atoms with E-state index in [4.69, 9.17) is 4.74 Å². The molecule has 0 aliphatic rings. The van der Waals surface area contributed by atoms with Crippen molar-refractivity contribution in [1.29, 1.82) is 0 Å². The number of aromatic nitrogens is 3. The van der Waals surface area contributed by atoms with E-state index in [0.717, 1.165) is 18.4 Å². The molecule has 1 aromatic carbocycles. The Morgan fingerprint density at radius 3 is 2.37 bits per heavy atom. The minimum Gasteiger partial charge on any atom is -0.444 e. The third-order valence-electron chi connectivity index (χ3n) is 5.45. The maximum absolute atomic E-state index is 13.1. The summed E-state index contributed by atoms with van der Waals surface area (Å²) in [5.41, 5.74) is 1.81. The summed E-state index contributed by atoms with van der Waals surface area (Å²) < 4.78 is 5.16. The fraction of sp³-hybridized carbons (Fsp3) is 0.379. The molecule has 218 valence electrons. The largest absolute Gasteiger partial charge is 0.444 e. The van der Waals surface area contributed by atoms with Crippen LogP contribution < -0.4 is 26.6 Å². The predicted octanol–water partition coefficient (Wildman–Crippen LogP) is 4.45. The number of ether oxygens (including phenoxy) is 1. The van der Waals surface area contributed by atoms with Crippen LogP contribution in [-0.4, -0.2) is 58.1 Å². The van der Waals surface area contributed by atoms with Crippen LogP contribution in [0.3, 0.4) is 0 Å². The van der Waals surface area contributed by atoms with Gasteiger partial charge in [-0.3, -0.25) is 14.6 Å². The summed E-state index contributed by atoms with van der Waals surface area (Å²) in [6, 6.07) is 10.7. The number of alkyl carbamates (subject to hydrolysis) is 1. The number of benzene rings is 1. The van der Waals surface area contributed by atoms with E-state index in [-0.39, 0.29) is 18.9 Å². The van der Waals surface area contributed by atoms with Crippen LogP contribution >= 0.6 is 0 Å². The van der Waals surface area contributed by atoms with E-state index in [0.29, 0.717) is 41.8 Å². The van der Waals surface area contributed by atoms with Crippen LogP contribution in [-0.2, 0) is 16.0 Å². The molecular weight excluding hydrogens is 524 g/mol. The molecule has 0 bridgehead atoms. The summed E-state index contributed by atoms with van der Waals surface area (Å²) in [5.74, 6) is 0.153. The number of carbonyl (C=O) groups is 3. The molecule has 0 aliphatic carbocycles. The topological polar surface area (TPSA) is 159 Å². The molecule has 0 unspecified atom stereocenters. The smallest absolute Gasteiger partial charge is 0.407 e. The summed E-state index contributed by atoms with van der Waals surface area (Å²) in [4.78, 5) is 50.1. The Balaban J connectivity index is 1.57. The highest BCUT2D eigenvalue weighted by atomic mass is 16.6. The second kappa shape index (κ2) is 15.2. The normalized spacial score (nSPS) is 10.8. The number of hydrogen-bond acceptors (Lipinski definition) is 9. The number of nitrogens with zero attached hydrogens (tertiary/aromatic N) is 3. The fourth-order valence-corrected chi connectivity index (χ4v) is 3.57. The average molecular weight is 563 g/mol. The van der Waals surface area contributed by atoms with Crippen molar-refractivity contribution in [1.82, 2.24) is 20.3 Å². The van der Waals surface area contributed by atoms with Crippen LogP contribution in [0.15, 0.2) is 55.0 Å². The first kappa shape index (κ1) is 30.8. The summed E-state index contributed by atoms with van der Waals surface area (Å²) in [7, 11) is 0. The van der Waals surface area contributed by atoms with E-state index in [1.165, 1.54) is 6.20 Å². The summed E-state index contributed by atoms with van der Waals surface area (Å²) >= 11 is 0. The third-order valence-corrected chi connectivity index (χ3v) is 5.45. The van der Waals surface area contributed by atoms with Gasteiger partial charge >= 0.3 is 6.09 Å². The van der Waals surface area contributed by atoms with Gasteiger partial charge in [0.15, 0.2) is 0 Å². The van der Waals surface area contributed by atoms with Crippen molar-refractivity contribution in [2.45, 2.75) is 52.6 Å².